The predicted octanol–water partition coefficient (Wildman–Crippen LogP) is 1.94. The summed E-state index contributed by atoms with van der Waals surface area (Å²) in [7, 11) is 0. The maximum Gasteiger partial charge on any atom is 0.335 e. The molecular weight excluding hydrogens is 264 g/mol. The molecule has 1 aromatic carbocycles. The summed E-state index contributed by atoms with van der Waals surface area (Å²) in [5.41, 5.74) is 0.0754. The zero-order valence-electron chi connectivity index (χ0n) is 11.7. The van der Waals surface area contributed by atoms with Gasteiger partial charge in [-0.15, -0.1) is 0 Å². The fourth-order valence-electron chi connectivity index (χ4n) is 1.61. The summed E-state index contributed by atoms with van der Waals surface area (Å²) < 4.78 is 16.4. The van der Waals surface area contributed by atoms with E-state index < -0.39 is 5.97 Å². The van der Waals surface area contributed by atoms with E-state index in [9.17, 15) is 4.79 Å². The standard InChI is InChI=1S/C14H20O6/c1-3-18-11-8-10(14(16)17)9-12(19-4-2)13(11)20-7-5-6-15/h8-9,15H,3-7H2,1-2H3,(H,16,17). The Hall–Kier alpha value is -1.95. The lowest BCUT2D eigenvalue weighted by Crippen LogP contribution is -2.07. The van der Waals surface area contributed by atoms with Crippen molar-refractivity contribution in [1.82, 2.24) is 0 Å². The third-order valence-electron chi connectivity index (χ3n) is 2.42. The van der Waals surface area contributed by atoms with Crippen LogP contribution in [0.25, 0.3) is 0 Å². The van der Waals surface area contributed by atoms with Crippen molar-refractivity contribution in [3.05, 3.63) is 17.7 Å². The van der Waals surface area contributed by atoms with Crippen LogP contribution in [0.5, 0.6) is 17.2 Å². The number of benzene rings is 1. The SMILES string of the molecule is CCOc1cc(C(=O)O)cc(OCC)c1OCCCO. The van der Waals surface area contributed by atoms with Crippen LogP contribution in [0.4, 0.5) is 0 Å². The van der Waals surface area contributed by atoms with Crippen LogP contribution in [0.1, 0.15) is 30.6 Å². The number of carbonyl (C=O) groups is 1. The van der Waals surface area contributed by atoms with Gasteiger partial charge in [-0.1, -0.05) is 0 Å². The summed E-state index contributed by atoms with van der Waals surface area (Å²) in [6.07, 6.45) is 0.470. The molecule has 0 fully saturated rings. The van der Waals surface area contributed by atoms with Crippen LogP contribution >= 0.6 is 0 Å². The van der Waals surface area contributed by atoms with Crippen molar-refractivity contribution in [3.8, 4) is 17.2 Å². The maximum atomic E-state index is 11.1. The highest BCUT2D eigenvalue weighted by Crippen LogP contribution is 2.39. The first-order valence-electron chi connectivity index (χ1n) is 6.54. The topological polar surface area (TPSA) is 85.2 Å². The molecule has 0 saturated heterocycles. The first-order chi connectivity index (χ1) is 9.63. The predicted molar refractivity (Wildman–Crippen MR) is 72.9 cm³/mol. The van der Waals surface area contributed by atoms with Crippen LogP contribution in [0.2, 0.25) is 0 Å². The van der Waals surface area contributed by atoms with Gasteiger partial charge in [0.25, 0.3) is 0 Å². The second-order valence-electron chi connectivity index (χ2n) is 3.90. The summed E-state index contributed by atoms with van der Waals surface area (Å²) in [5.74, 6) is -0.0384. The van der Waals surface area contributed by atoms with E-state index in [0.717, 1.165) is 0 Å². The Bertz CT molecular complexity index is 416. The molecule has 0 unspecified atom stereocenters. The Morgan fingerprint density at radius 3 is 2.05 bits per heavy atom. The highest BCUT2D eigenvalue weighted by molar-refractivity contribution is 5.89. The Morgan fingerprint density at radius 1 is 1.10 bits per heavy atom. The van der Waals surface area contributed by atoms with Crippen molar-refractivity contribution >= 4 is 5.97 Å². The number of aliphatic hydroxyl groups is 1. The van der Waals surface area contributed by atoms with E-state index in [2.05, 4.69) is 0 Å². The summed E-state index contributed by atoms with van der Waals surface area (Å²) in [5, 5.41) is 17.9. The minimum atomic E-state index is -1.06. The van der Waals surface area contributed by atoms with Gasteiger partial charge in [0.05, 0.1) is 25.4 Å². The van der Waals surface area contributed by atoms with Gasteiger partial charge in [-0.2, -0.15) is 0 Å². The first-order valence-corrected chi connectivity index (χ1v) is 6.54. The molecule has 6 heteroatoms. The quantitative estimate of drug-likeness (QED) is 0.674. The molecule has 0 aromatic heterocycles. The lowest BCUT2D eigenvalue weighted by Gasteiger charge is -2.16. The summed E-state index contributed by atoms with van der Waals surface area (Å²) >= 11 is 0. The van der Waals surface area contributed by atoms with Crippen LogP contribution in [-0.4, -0.2) is 42.6 Å². The summed E-state index contributed by atoms with van der Waals surface area (Å²) in [6.45, 7) is 4.66. The van der Waals surface area contributed by atoms with Crippen molar-refractivity contribution in [1.29, 1.82) is 0 Å². The van der Waals surface area contributed by atoms with Gasteiger partial charge >= 0.3 is 5.97 Å². The fraction of sp³-hybridized carbons (Fsp3) is 0.500. The average molecular weight is 284 g/mol. The largest absolute Gasteiger partial charge is 0.490 e. The highest BCUT2D eigenvalue weighted by Gasteiger charge is 2.17. The first kappa shape index (κ1) is 16.1. The number of hydrogen-bond acceptors (Lipinski definition) is 5. The van der Waals surface area contributed by atoms with E-state index in [-0.39, 0.29) is 12.2 Å². The summed E-state index contributed by atoms with van der Waals surface area (Å²) in [4.78, 5) is 11.1. The Kier molecular flexibility index (Phi) is 6.66. The monoisotopic (exact) mass is 284 g/mol. The lowest BCUT2D eigenvalue weighted by atomic mass is 10.2. The molecule has 6 nitrogen and oxygen atoms in total. The molecule has 112 valence electrons. The van der Waals surface area contributed by atoms with Gasteiger partial charge in [-0.05, 0) is 26.0 Å². The molecular formula is C14H20O6. The zero-order valence-corrected chi connectivity index (χ0v) is 11.7. The molecule has 1 aromatic rings. The van der Waals surface area contributed by atoms with Gasteiger partial charge in [0, 0.05) is 13.0 Å². The second-order valence-corrected chi connectivity index (χ2v) is 3.90. The maximum absolute atomic E-state index is 11.1. The lowest BCUT2D eigenvalue weighted by molar-refractivity contribution is 0.0695. The minimum absolute atomic E-state index is 0.0150. The van der Waals surface area contributed by atoms with Crippen molar-refractivity contribution in [2.45, 2.75) is 20.3 Å². The number of ether oxygens (including phenoxy) is 3. The normalized spacial score (nSPS) is 10.2. The molecule has 0 radical (unpaired) electrons. The van der Waals surface area contributed by atoms with Gasteiger partial charge in [0.2, 0.25) is 5.75 Å². The number of carboxylic acid groups (broad SMARTS) is 1. The van der Waals surface area contributed by atoms with Crippen molar-refractivity contribution < 1.29 is 29.2 Å². The molecule has 1 rings (SSSR count). The van der Waals surface area contributed by atoms with Gasteiger partial charge in [0.15, 0.2) is 11.5 Å². The van der Waals surface area contributed by atoms with E-state index >= 15 is 0 Å². The average Bonchev–Trinajstić information content (AvgIpc) is 2.41. The molecule has 0 heterocycles. The molecule has 0 saturated carbocycles. The Morgan fingerprint density at radius 2 is 1.65 bits per heavy atom. The number of rotatable bonds is 9. The zero-order chi connectivity index (χ0) is 15.0. The molecule has 0 aliphatic carbocycles. The summed E-state index contributed by atoms with van der Waals surface area (Å²) in [6, 6.07) is 2.81. The molecule has 0 atom stereocenters. The van der Waals surface area contributed by atoms with Gasteiger partial charge in [-0.3, -0.25) is 0 Å². The smallest absolute Gasteiger partial charge is 0.335 e. The van der Waals surface area contributed by atoms with Gasteiger partial charge in [0.1, 0.15) is 0 Å². The van der Waals surface area contributed by atoms with E-state index in [0.29, 0.717) is 43.5 Å². The Labute approximate surface area is 117 Å². The molecule has 0 spiro atoms. The molecule has 0 bridgehead atoms. The van der Waals surface area contributed by atoms with Crippen molar-refractivity contribution in [2.24, 2.45) is 0 Å². The third-order valence-corrected chi connectivity index (χ3v) is 2.42. The van der Waals surface area contributed by atoms with Gasteiger partial charge < -0.3 is 24.4 Å². The van der Waals surface area contributed by atoms with Gasteiger partial charge in [-0.25, -0.2) is 4.79 Å². The van der Waals surface area contributed by atoms with Crippen molar-refractivity contribution in [2.75, 3.05) is 26.4 Å². The molecule has 0 amide bonds. The Balaban J connectivity index is 3.15. The number of hydrogen-bond donors (Lipinski definition) is 2. The van der Waals surface area contributed by atoms with Crippen LogP contribution in [0.15, 0.2) is 12.1 Å². The third kappa shape index (κ3) is 4.31. The van der Waals surface area contributed by atoms with E-state index in [1.54, 1.807) is 13.8 Å². The van der Waals surface area contributed by atoms with E-state index in [4.69, 9.17) is 24.4 Å². The van der Waals surface area contributed by atoms with Crippen molar-refractivity contribution in [3.63, 3.8) is 0 Å². The van der Waals surface area contributed by atoms with Crippen LogP contribution in [-0.2, 0) is 0 Å². The molecule has 0 aliphatic heterocycles. The molecule has 20 heavy (non-hydrogen) atoms. The molecule has 0 aliphatic rings. The van der Waals surface area contributed by atoms with E-state index in [1.807, 2.05) is 0 Å². The molecule has 2 N–H and O–H groups in total. The number of aromatic carboxylic acids is 1. The van der Waals surface area contributed by atoms with Crippen LogP contribution in [0.3, 0.4) is 0 Å². The minimum Gasteiger partial charge on any atom is -0.490 e. The van der Waals surface area contributed by atoms with Crippen LogP contribution < -0.4 is 14.2 Å². The fourth-order valence-corrected chi connectivity index (χ4v) is 1.61. The highest BCUT2D eigenvalue weighted by atomic mass is 16.5. The number of aliphatic hydroxyl groups excluding tert-OH is 1. The van der Waals surface area contributed by atoms with Crippen LogP contribution in [0, 0.1) is 0 Å². The van der Waals surface area contributed by atoms with E-state index in [1.165, 1.54) is 12.1 Å². The number of carboxylic acids is 1. The second kappa shape index (κ2) is 8.27.